The standard InChI is InChI=1S/C17H17ClN6S/c1-4-10-8-24(3)15-12(10)6-13(22-16(15)18)9(2)25-17-21-11(7-19)5-14(20)23-17/h5-6,8-9H,4H2,1-3H3,(H2,20,21,23). The van der Waals surface area contributed by atoms with Gasteiger partial charge in [0.15, 0.2) is 10.3 Å². The molecule has 3 aromatic rings. The zero-order chi connectivity index (χ0) is 18.1. The highest BCUT2D eigenvalue weighted by Crippen LogP contribution is 2.36. The Labute approximate surface area is 155 Å². The Kier molecular flexibility index (Phi) is 4.84. The highest BCUT2D eigenvalue weighted by atomic mass is 35.5. The summed E-state index contributed by atoms with van der Waals surface area (Å²) in [6.07, 6.45) is 3.00. The number of anilines is 1. The molecule has 0 aliphatic heterocycles. The predicted molar refractivity (Wildman–Crippen MR) is 101 cm³/mol. The second-order valence-corrected chi connectivity index (χ2v) is 7.35. The first kappa shape index (κ1) is 17.5. The number of fused-ring (bicyclic) bond motifs is 1. The van der Waals surface area contributed by atoms with Crippen LogP contribution in [0.4, 0.5) is 5.82 Å². The molecule has 128 valence electrons. The van der Waals surface area contributed by atoms with Crippen molar-refractivity contribution in [3.63, 3.8) is 0 Å². The van der Waals surface area contributed by atoms with Crippen LogP contribution in [0.1, 0.15) is 36.0 Å². The van der Waals surface area contributed by atoms with Crippen molar-refractivity contribution >= 4 is 40.1 Å². The van der Waals surface area contributed by atoms with E-state index in [4.69, 9.17) is 22.6 Å². The van der Waals surface area contributed by atoms with E-state index in [9.17, 15) is 0 Å². The smallest absolute Gasteiger partial charge is 0.191 e. The molecule has 1 atom stereocenters. The van der Waals surface area contributed by atoms with Crippen LogP contribution in [0.5, 0.6) is 0 Å². The zero-order valence-corrected chi connectivity index (χ0v) is 15.7. The van der Waals surface area contributed by atoms with Crippen LogP contribution >= 0.6 is 23.4 Å². The number of nitrogens with two attached hydrogens (primary N) is 1. The fourth-order valence-electron chi connectivity index (χ4n) is 2.74. The van der Waals surface area contributed by atoms with Crippen molar-refractivity contribution in [3.8, 4) is 6.07 Å². The molecule has 0 aliphatic rings. The normalized spacial score (nSPS) is 12.3. The van der Waals surface area contributed by atoms with Gasteiger partial charge in [0.1, 0.15) is 17.6 Å². The van der Waals surface area contributed by atoms with E-state index >= 15 is 0 Å². The minimum Gasteiger partial charge on any atom is -0.384 e. The lowest BCUT2D eigenvalue weighted by molar-refractivity contribution is 0.931. The molecule has 3 rings (SSSR count). The van der Waals surface area contributed by atoms with Gasteiger partial charge in [-0.05, 0) is 25.0 Å². The Morgan fingerprint density at radius 2 is 2.12 bits per heavy atom. The minimum atomic E-state index is -0.0415. The van der Waals surface area contributed by atoms with E-state index in [1.54, 1.807) is 0 Å². The second-order valence-electron chi connectivity index (χ2n) is 5.69. The highest BCUT2D eigenvalue weighted by molar-refractivity contribution is 7.99. The van der Waals surface area contributed by atoms with Crippen molar-refractivity contribution in [1.29, 1.82) is 5.26 Å². The fourth-order valence-corrected chi connectivity index (χ4v) is 3.94. The molecule has 0 spiro atoms. The summed E-state index contributed by atoms with van der Waals surface area (Å²) in [6, 6.07) is 5.50. The molecule has 3 heterocycles. The minimum absolute atomic E-state index is 0.0415. The van der Waals surface area contributed by atoms with Gasteiger partial charge in [0, 0.05) is 24.7 Å². The zero-order valence-electron chi connectivity index (χ0n) is 14.1. The summed E-state index contributed by atoms with van der Waals surface area (Å²) in [5.41, 5.74) is 8.99. The number of nitriles is 1. The Balaban J connectivity index is 1.99. The van der Waals surface area contributed by atoms with Crippen molar-refractivity contribution in [3.05, 3.63) is 40.4 Å². The summed E-state index contributed by atoms with van der Waals surface area (Å²) in [4.78, 5) is 12.9. The molecule has 0 saturated carbocycles. The maximum Gasteiger partial charge on any atom is 0.191 e. The van der Waals surface area contributed by atoms with E-state index in [-0.39, 0.29) is 16.8 Å². The molecular weight excluding hydrogens is 356 g/mol. The van der Waals surface area contributed by atoms with Crippen LogP contribution < -0.4 is 5.73 Å². The van der Waals surface area contributed by atoms with Crippen molar-refractivity contribution in [2.24, 2.45) is 7.05 Å². The molecule has 0 aromatic carbocycles. The monoisotopic (exact) mass is 372 g/mol. The molecule has 25 heavy (non-hydrogen) atoms. The maximum atomic E-state index is 9.02. The number of thioether (sulfide) groups is 1. The third-order valence-corrected chi connectivity index (χ3v) is 5.19. The summed E-state index contributed by atoms with van der Waals surface area (Å²) >= 11 is 7.82. The van der Waals surface area contributed by atoms with Gasteiger partial charge < -0.3 is 10.3 Å². The Morgan fingerprint density at radius 3 is 2.80 bits per heavy atom. The van der Waals surface area contributed by atoms with Gasteiger partial charge in [0.25, 0.3) is 0 Å². The molecule has 0 aliphatic carbocycles. The molecule has 8 heteroatoms. The van der Waals surface area contributed by atoms with Crippen LogP contribution in [0.25, 0.3) is 10.9 Å². The quantitative estimate of drug-likeness (QED) is 0.424. The van der Waals surface area contributed by atoms with E-state index in [1.807, 2.05) is 24.6 Å². The van der Waals surface area contributed by atoms with Gasteiger partial charge in [0.2, 0.25) is 0 Å². The largest absolute Gasteiger partial charge is 0.384 e. The number of nitrogens with zero attached hydrogens (tertiary/aromatic N) is 5. The van der Waals surface area contributed by atoms with Crippen LogP contribution in [-0.4, -0.2) is 19.5 Å². The number of rotatable bonds is 4. The van der Waals surface area contributed by atoms with Gasteiger partial charge in [-0.3, -0.25) is 0 Å². The number of aryl methyl sites for hydroxylation is 2. The van der Waals surface area contributed by atoms with Crippen molar-refractivity contribution in [2.75, 3.05) is 5.73 Å². The SMILES string of the molecule is CCc1cn(C)c2c(Cl)nc(C(C)Sc3nc(N)cc(C#N)n3)cc12. The number of pyridine rings is 1. The lowest BCUT2D eigenvalue weighted by Gasteiger charge is -2.12. The molecule has 2 N–H and O–H groups in total. The Hall–Kier alpha value is -2.30. The molecular formula is C17H17ClN6S. The molecule has 3 aromatic heterocycles. The van der Waals surface area contributed by atoms with E-state index < -0.39 is 0 Å². The molecule has 0 radical (unpaired) electrons. The third-order valence-electron chi connectivity index (χ3n) is 3.94. The van der Waals surface area contributed by atoms with Crippen molar-refractivity contribution < 1.29 is 0 Å². The van der Waals surface area contributed by atoms with Gasteiger partial charge in [-0.2, -0.15) is 5.26 Å². The van der Waals surface area contributed by atoms with Crippen LogP contribution in [0.15, 0.2) is 23.5 Å². The summed E-state index contributed by atoms with van der Waals surface area (Å²) in [7, 11) is 1.97. The number of halogens is 1. The molecule has 0 amide bonds. The van der Waals surface area contributed by atoms with E-state index in [1.165, 1.54) is 23.4 Å². The average molecular weight is 373 g/mol. The molecule has 0 saturated heterocycles. The first-order valence-corrected chi connectivity index (χ1v) is 9.04. The highest BCUT2D eigenvalue weighted by Gasteiger charge is 2.17. The third kappa shape index (κ3) is 3.41. The number of aromatic nitrogens is 4. The number of nitrogen functional groups attached to an aromatic ring is 1. The summed E-state index contributed by atoms with van der Waals surface area (Å²) in [5, 5.41) is 11.0. The summed E-state index contributed by atoms with van der Waals surface area (Å²) in [6.45, 7) is 4.12. The van der Waals surface area contributed by atoms with E-state index in [0.717, 1.165) is 23.0 Å². The number of hydrogen-bond donors (Lipinski definition) is 1. The van der Waals surface area contributed by atoms with Crippen LogP contribution in [0.3, 0.4) is 0 Å². The number of hydrogen-bond acceptors (Lipinski definition) is 6. The van der Waals surface area contributed by atoms with E-state index in [2.05, 4.69) is 34.1 Å². The van der Waals surface area contributed by atoms with Gasteiger partial charge in [-0.25, -0.2) is 15.0 Å². The van der Waals surface area contributed by atoms with Crippen LogP contribution in [-0.2, 0) is 13.5 Å². The summed E-state index contributed by atoms with van der Waals surface area (Å²) < 4.78 is 2.01. The van der Waals surface area contributed by atoms with Gasteiger partial charge in [0.05, 0.1) is 16.5 Å². The first-order chi connectivity index (χ1) is 11.9. The molecule has 6 nitrogen and oxygen atoms in total. The first-order valence-electron chi connectivity index (χ1n) is 7.78. The van der Waals surface area contributed by atoms with Crippen LogP contribution in [0, 0.1) is 11.3 Å². The van der Waals surface area contributed by atoms with Gasteiger partial charge in [-0.15, -0.1) is 0 Å². The van der Waals surface area contributed by atoms with Crippen molar-refractivity contribution in [1.82, 2.24) is 19.5 Å². The van der Waals surface area contributed by atoms with Gasteiger partial charge >= 0.3 is 0 Å². The molecule has 0 bridgehead atoms. The lowest BCUT2D eigenvalue weighted by atomic mass is 10.1. The molecule has 1 unspecified atom stereocenters. The topological polar surface area (TPSA) is 93.4 Å². The second kappa shape index (κ2) is 6.90. The van der Waals surface area contributed by atoms with Crippen LogP contribution in [0.2, 0.25) is 5.15 Å². The average Bonchev–Trinajstić information content (AvgIpc) is 2.90. The Bertz CT molecular complexity index is 991. The van der Waals surface area contributed by atoms with E-state index in [0.29, 0.717) is 10.3 Å². The maximum absolute atomic E-state index is 9.02. The predicted octanol–water partition coefficient (Wildman–Crippen LogP) is 3.89. The molecule has 0 fully saturated rings. The van der Waals surface area contributed by atoms with Gasteiger partial charge in [-0.1, -0.05) is 30.3 Å². The summed E-state index contributed by atoms with van der Waals surface area (Å²) in [5.74, 6) is 0.277. The Morgan fingerprint density at radius 1 is 1.36 bits per heavy atom. The fraction of sp³-hybridized carbons (Fsp3) is 0.294. The van der Waals surface area contributed by atoms with Crippen molar-refractivity contribution in [2.45, 2.75) is 30.7 Å². The lowest BCUT2D eigenvalue weighted by Crippen LogP contribution is -2.00.